The zero-order valence-electron chi connectivity index (χ0n) is 15.9. The minimum absolute atomic E-state index is 0.0143. The van der Waals surface area contributed by atoms with Crippen LogP contribution in [0.15, 0.2) is 35.3 Å². The number of hydrogen-bond donors (Lipinski definition) is 1. The monoisotopic (exact) mass is 345 g/mol. The van der Waals surface area contributed by atoms with Crippen LogP contribution in [0.1, 0.15) is 39.2 Å². The SMILES string of the molecule is CCOC(=O)C1CCN(C(=NC)NCC(C)(C)c2ccccc2)CC1. The van der Waals surface area contributed by atoms with Crippen molar-refractivity contribution in [2.24, 2.45) is 10.9 Å². The summed E-state index contributed by atoms with van der Waals surface area (Å²) in [5.74, 6) is 0.872. The molecule has 1 aromatic carbocycles. The van der Waals surface area contributed by atoms with Crippen LogP contribution in [0.4, 0.5) is 0 Å². The van der Waals surface area contributed by atoms with Gasteiger partial charge in [-0.3, -0.25) is 9.79 Å². The first-order valence-electron chi connectivity index (χ1n) is 9.15. The van der Waals surface area contributed by atoms with Crippen molar-refractivity contribution in [2.45, 2.75) is 39.0 Å². The predicted octanol–water partition coefficient (Wildman–Crippen LogP) is 2.81. The van der Waals surface area contributed by atoms with Crippen molar-refractivity contribution in [3.8, 4) is 0 Å². The molecule has 0 radical (unpaired) electrons. The van der Waals surface area contributed by atoms with E-state index in [9.17, 15) is 4.79 Å². The molecule has 1 aliphatic rings. The molecule has 1 aromatic rings. The summed E-state index contributed by atoms with van der Waals surface area (Å²) in [5.41, 5.74) is 1.32. The summed E-state index contributed by atoms with van der Waals surface area (Å²) in [5, 5.41) is 3.51. The molecule has 0 atom stereocenters. The second-order valence-electron chi connectivity index (χ2n) is 7.16. The summed E-state index contributed by atoms with van der Waals surface area (Å²) >= 11 is 0. The number of aliphatic imine (C=N–C) groups is 1. The highest BCUT2D eigenvalue weighted by molar-refractivity contribution is 5.80. The van der Waals surface area contributed by atoms with Crippen molar-refractivity contribution in [1.82, 2.24) is 10.2 Å². The summed E-state index contributed by atoms with van der Waals surface area (Å²) in [6, 6.07) is 10.5. The zero-order chi connectivity index (χ0) is 18.3. The van der Waals surface area contributed by atoms with Gasteiger partial charge in [0.05, 0.1) is 12.5 Å². The van der Waals surface area contributed by atoms with E-state index in [1.165, 1.54) is 5.56 Å². The van der Waals surface area contributed by atoms with Crippen LogP contribution in [-0.2, 0) is 14.9 Å². The fraction of sp³-hybridized carbons (Fsp3) is 0.600. The van der Waals surface area contributed by atoms with Crippen LogP contribution in [0.3, 0.4) is 0 Å². The summed E-state index contributed by atoms with van der Waals surface area (Å²) in [4.78, 5) is 18.5. The van der Waals surface area contributed by atoms with Gasteiger partial charge in [0.15, 0.2) is 5.96 Å². The number of ether oxygens (including phenoxy) is 1. The highest BCUT2D eigenvalue weighted by Crippen LogP contribution is 2.22. The number of guanidine groups is 1. The molecular formula is C20H31N3O2. The maximum atomic E-state index is 11.9. The highest BCUT2D eigenvalue weighted by atomic mass is 16.5. The number of esters is 1. The zero-order valence-corrected chi connectivity index (χ0v) is 15.9. The number of hydrogen-bond acceptors (Lipinski definition) is 3. The lowest BCUT2D eigenvalue weighted by Crippen LogP contribution is -2.49. The third-order valence-electron chi connectivity index (χ3n) is 4.87. The van der Waals surface area contributed by atoms with E-state index in [4.69, 9.17) is 4.74 Å². The van der Waals surface area contributed by atoms with Gasteiger partial charge in [-0.05, 0) is 25.3 Å². The largest absolute Gasteiger partial charge is 0.466 e. The molecule has 1 saturated heterocycles. The Hall–Kier alpha value is -2.04. The number of rotatable bonds is 5. The third-order valence-corrected chi connectivity index (χ3v) is 4.87. The second-order valence-corrected chi connectivity index (χ2v) is 7.16. The van der Waals surface area contributed by atoms with Gasteiger partial charge in [0.25, 0.3) is 0 Å². The number of carbonyl (C=O) groups excluding carboxylic acids is 1. The number of piperidine rings is 1. The van der Waals surface area contributed by atoms with Gasteiger partial charge in [-0.1, -0.05) is 44.2 Å². The Morgan fingerprint density at radius 2 is 1.92 bits per heavy atom. The van der Waals surface area contributed by atoms with E-state index in [0.717, 1.165) is 38.4 Å². The molecule has 1 heterocycles. The lowest BCUT2D eigenvalue weighted by Gasteiger charge is -2.35. The summed E-state index contributed by atoms with van der Waals surface area (Å²) < 4.78 is 5.14. The fourth-order valence-electron chi connectivity index (χ4n) is 3.21. The summed E-state index contributed by atoms with van der Waals surface area (Å²) in [6.45, 7) is 9.24. The first-order valence-corrected chi connectivity index (χ1v) is 9.15. The molecule has 1 fully saturated rings. The summed E-state index contributed by atoms with van der Waals surface area (Å²) in [7, 11) is 1.81. The highest BCUT2D eigenvalue weighted by Gasteiger charge is 2.28. The van der Waals surface area contributed by atoms with Gasteiger partial charge in [-0.25, -0.2) is 0 Å². The number of carbonyl (C=O) groups is 1. The van der Waals surface area contributed by atoms with Crippen LogP contribution >= 0.6 is 0 Å². The van der Waals surface area contributed by atoms with Gasteiger partial charge in [-0.2, -0.15) is 0 Å². The van der Waals surface area contributed by atoms with E-state index < -0.39 is 0 Å². The molecule has 0 aromatic heterocycles. The number of likely N-dealkylation sites (tertiary alicyclic amines) is 1. The van der Waals surface area contributed by atoms with E-state index in [2.05, 4.69) is 53.3 Å². The van der Waals surface area contributed by atoms with E-state index in [0.29, 0.717) is 6.61 Å². The van der Waals surface area contributed by atoms with Crippen molar-refractivity contribution >= 4 is 11.9 Å². The standard InChI is InChI=1S/C20H31N3O2/c1-5-25-18(24)16-11-13-23(14-12-16)19(21-4)22-15-20(2,3)17-9-7-6-8-10-17/h6-10,16H,5,11-15H2,1-4H3,(H,21,22). The van der Waals surface area contributed by atoms with E-state index >= 15 is 0 Å². The Morgan fingerprint density at radius 1 is 1.28 bits per heavy atom. The predicted molar refractivity (Wildman–Crippen MR) is 102 cm³/mol. The van der Waals surface area contributed by atoms with Gasteiger partial charge < -0.3 is 15.0 Å². The van der Waals surface area contributed by atoms with Gasteiger partial charge in [-0.15, -0.1) is 0 Å². The molecule has 2 rings (SSSR count). The van der Waals surface area contributed by atoms with Gasteiger partial charge in [0, 0.05) is 32.1 Å². The van der Waals surface area contributed by atoms with Gasteiger partial charge in [0.2, 0.25) is 0 Å². The molecule has 1 N–H and O–H groups in total. The van der Waals surface area contributed by atoms with Crippen molar-refractivity contribution in [1.29, 1.82) is 0 Å². The Kier molecular flexibility index (Phi) is 6.85. The van der Waals surface area contributed by atoms with Crippen molar-refractivity contribution in [2.75, 3.05) is 33.3 Å². The lowest BCUT2D eigenvalue weighted by atomic mass is 9.85. The molecule has 0 spiro atoms. The quantitative estimate of drug-likeness (QED) is 0.506. The van der Waals surface area contributed by atoms with E-state index in [-0.39, 0.29) is 17.3 Å². The Balaban J connectivity index is 1.88. The second kappa shape index (κ2) is 8.88. The van der Waals surface area contributed by atoms with Crippen LogP contribution in [0.25, 0.3) is 0 Å². The van der Waals surface area contributed by atoms with Crippen molar-refractivity contribution in [3.05, 3.63) is 35.9 Å². The number of nitrogens with one attached hydrogen (secondary N) is 1. The minimum atomic E-state index is -0.0599. The lowest BCUT2D eigenvalue weighted by molar-refractivity contribution is -0.149. The van der Waals surface area contributed by atoms with Gasteiger partial charge >= 0.3 is 5.97 Å². The first-order chi connectivity index (χ1) is 12.0. The Bertz CT molecular complexity index is 576. The fourth-order valence-corrected chi connectivity index (χ4v) is 3.21. The van der Waals surface area contributed by atoms with Crippen LogP contribution < -0.4 is 5.32 Å². The van der Waals surface area contributed by atoms with Crippen LogP contribution in [0.5, 0.6) is 0 Å². The maximum Gasteiger partial charge on any atom is 0.309 e. The van der Waals surface area contributed by atoms with Gasteiger partial charge in [0.1, 0.15) is 0 Å². The third kappa shape index (κ3) is 5.21. The maximum absolute atomic E-state index is 11.9. The number of benzene rings is 1. The molecule has 138 valence electrons. The van der Waals surface area contributed by atoms with E-state index in [1.54, 1.807) is 0 Å². The van der Waals surface area contributed by atoms with E-state index in [1.807, 2.05) is 20.0 Å². The van der Waals surface area contributed by atoms with Crippen molar-refractivity contribution < 1.29 is 9.53 Å². The molecule has 0 aliphatic carbocycles. The molecule has 0 saturated carbocycles. The van der Waals surface area contributed by atoms with Crippen molar-refractivity contribution in [3.63, 3.8) is 0 Å². The molecule has 5 nitrogen and oxygen atoms in total. The topological polar surface area (TPSA) is 53.9 Å². The molecule has 0 bridgehead atoms. The van der Waals surface area contributed by atoms with Crippen LogP contribution in [-0.4, -0.2) is 50.1 Å². The average molecular weight is 345 g/mol. The van der Waals surface area contributed by atoms with Crippen LogP contribution in [0, 0.1) is 5.92 Å². The number of nitrogens with zero attached hydrogens (tertiary/aromatic N) is 2. The summed E-state index contributed by atoms with van der Waals surface area (Å²) in [6.07, 6.45) is 1.64. The molecule has 0 amide bonds. The first kappa shape index (κ1) is 19.3. The molecular weight excluding hydrogens is 314 g/mol. The molecule has 1 aliphatic heterocycles. The Labute approximate surface area is 151 Å². The minimum Gasteiger partial charge on any atom is -0.466 e. The normalized spacial score (nSPS) is 16.6. The average Bonchev–Trinajstić information content (AvgIpc) is 2.63. The van der Waals surface area contributed by atoms with Crippen LogP contribution in [0.2, 0.25) is 0 Å². The molecule has 0 unspecified atom stereocenters. The Morgan fingerprint density at radius 3 is 2.48 bits per heavy atom. The molecule has 25 heavy (non-hydrogen) atoms. The molecule has 5 heteroatoms. The smallest absolute Gasteiger partial charge is 0.309 e.